The molecule has 7 nitrogen and oxygen atoms in total. The summed E-state index contributed by atoms with van der Waals surface area (Å²) >= 11 is 0. The van der Waals surface area contributed by atoms with Gasteiger partial charge in [-0.2, -0.15) is 5.10 Å². The average molecular weight is 406 g/mol. The first-order valence-electron chi connectivity index (χ1n) is 10.2. The molecule has 2 aromatic heterocycles. The first kappa shape index (κ1) is 19.9. The quantitative estimate of drug-likeness (QED) is 0.724. The second kappa shape index (κ2) is 7.82. The molecule has 0 spiro atoms. The summed E-state index contributed by atoms with van der Waals surface area (Å²) in [6.45, 7) is 5.11. The first-order valence-corrected chi connectivity index (χ1v) is 10.2. The number of carbonyl (C=O) groups is 2. The van der Waals surface area contributed by atoms with Gasteiger partial charge in [-0.3, -0.25) is 9.59 Å². The number of likely N-dealkylation sites (tertiary alicyclic amines) is 1. The number of carbonyl (C=O) groups excluding carboxylic acids is 2. The van der Waals surface area contributed by atoms with Crippen LogP contribution in [-0.2, 0) is 11.8 Å². The fourth-order valence-electron chi connectivity index (χ4n) is 4.14. The second-order valence-electron chi connectivity index (χ2n) is 8.09. The SMILES string of the molecule is Cc1ccc(-n2nc(-c3cccn3C)cc2C(=O)N2CCC(C(N)=O)CC2)c(C)c1. The van der Waals surface area contributed by atoms with Gasteiger partial charge in [0.2, 0.25) is 5.91 Å². The highest BCUT2D eigenvalue weighted by atomic mass is 16.2. The normalized spacial score (nSPS) is 14.8. The summed E-state index contributed by atoms with van der Waals surface area (Å²) in [7, 11) is 1.96. The molecule has 0 atom stereocenters. The smallest absolute Gasteiger partial charge is 0.272 e. The largest absolute Gasteiger partial charge is 0.369 e. The number of piperidine rings is 1. The Labute approximate surface area is 176 Å². The molecule has 3 aromatic rings. The van der Waals surface area contributed by atoms with Gasteiger partial charge in [0, 0.05) is 32.3 Å². The number of hydrogen-bond acceptors (Lipinski definition) is 3. The zero-order valence-corrected chi connectivity index (χ0v) is 17.6. The van der Waals surface area contributed by atoms with E-state index in [1.54, 1.807) is 9.58 Å². The molecular formula is C23H27N5O2. The van der Waals surface area contributed by atoms with Crippen molar-refractivity contribution >= 4 is 11.8 Å². The molecule has 2 N–H and O–H groups in total. The first-order chi connectivity index (χ1) is 14.3. The summed E-state index contributed by atoms with van der Waals surface area (Å²) < 4.78 is 3.74. The molecule has 0 aliphatic carbocycles. The number of hydrogen-bond donors (Lipinski definition) is 1. The van der Waals surface area contributed by atoms with E-state index in [4.69, 9.17) is 10.8 Å². The van der Waals surface area contributed by atoms with Gasteiger partial charge in [0.05, 0.1) is 11.4 Å². The highest BCUT2D eigenvalue weighted by Gasteiger charge is 2.29. The van der Waals surface area contributed by atoms with E-state index in [1.165, 1.54) is 0 Å². The van der Waals surface area contributed by atoms with Crippen LogP contribution >= 0.6 is 0 Å². The maximum atomic E-state index is 13.5. The van der Waals surface area contributed by atoms with E-state index in [9.17, 15) is 9.59 Å². The summed E-state index contributed by atoms with van der Waals surface area (Å²) in [6.07, 6.45) is 3.16. The van der Waals surface area contributed by atoms with Crippen molar-refractivity contribution in [1.29, 1.82) is 0 Å². The molecule has 7 heteroatoms. The van der Waals surface area contributed by atoms with Gasteiger partial charge in [-0.15, -0.1) is 0 Å². The van der Waals surface area contributed by atoms with Crippen molar-refractivity contribution in [2.75, 3.05) is 13.1 Å². The zero-order valence-electron chi connectivity index (χ0n) is 17.6. The average Bonchev–Trinajstić information content (AvgIpc) is 3.33. The van der Waals surface area contributed by atoms with Gasteiger partial charge in [-0.25, -0.2) is 4.68 Å². The van der Waals surface area contributed by atoms with Gasteiger partial charge >= 0.3 is 0 Å². The number of nitrogens with two attached hydrogens (primary N) is 1. The predicted octanol–water partition coefficient (Wildman–Crippen LogP) is 2.83. The lowest BCUT2D eigenvalue weighted by molar-refractivity contribution is -0.123. The van der Waals surface area contributed by atoms with Crippen LogP contribution < -0.4 is 5.73 Å². The Balaban J connectivity index is 1.74. The molecule has 30 heavy (non-hydrogen) atoms. The van der Waals surface area contributed by atoms with Crippen molar-refractivity contribution in [2.45, 2.75) is 26.7 Å². The van der Waals surface area contributed by atoms with Crippen LogP contribution in [0.1, 0.15) is 34.5 Å². The van der Waals surface area contributed by atoms with Crippen molar-refractivity contribution in [3.8, 4) is 17.1 Å². The lowest BCUT2D eigenvalue weighted by Crippen LogP contribution is -2.42. The monoisotopic (exact) mass is 405 g/mol. The topological polar surface area (TPSA) is 86.2 Å². The zero-order chi connectivity index (χ0) is 21.4. The summed E-state index contributed by atoms with van der Waals surface area (Å²) in [6, 6.07) is 11.9. The van der Waals surface area contributed by atoms with E-state index in [0.717, 1.165) is 28.2 Å². The van der Waals surface area contributed by atoms with Crippen LogP contribution in [0.15, 0.2) is 42.6 Å². The molecule has 4 rings (SSSR count). The fraction of sp³-hybridized carbons (Fsp3) is 0.348. The number of amides is 2. The fourth-order valence-corrected chi connectivity index (χ4v) is 4.14. The minimum Gasteiger partial charge on any atom is -0.369 e. The highest BCUT2D eigenvalue weighted by Crippen LogP contribution is 2.26. The van der Waals surface area contributed by atoms with Gasteiger partial charge in [0.15, 0.2) is 0 Å². The number of benzene rings is 1. The number of primary amides is 1. The Morgan fingerprint density at radius 2 is 1.83 bits per heavy atom. The molecule has 2 amide bonds. The molecule has 0 unspecified atom stereocenters. The van der Waals surface area contributed by atoms with Crippen LogP contribution in [0.5, 0.6) is 0 Å². The number of aryl methyl sites for hydroxylation is 3. The third kappa shape index (κ3) is 3.63. The lowest BCUT2D eigenvalue weighted by Gasteiger charge is -2.30. The molecule has 0 bridgehead atoms. The summed E-state index contributed by atoms with van der Waals surface area (Å²) in [5.41, 5.74) is 10.8. The predicted molar refractivity (Wildman–Crippen MR) is 115 cm³/mol. The van der Waals surface area contributed by atoms with Gasteiger partial charge in [-0.1, -0.05) is 17.7 Å². The van der Waals surface area contributed by atoms with Gasteiger partial charge < -0.3 is 15.2 Å². The Morgan fingerprint density at radius 1 is 1.10 bits per heavy atom. The van der Waals surface area contributed by atoms with E-state index in [2.05, 4.69) is 6.07 Å². The minimum absolute atomic E-state index is 0.0779. The van der Waals surface area contributed by atoms with Gasteiger partial charge in [0.1, 0.15) is 11.4 Å². The minimum atomic E-state index is -0.284. The summed E-state index contributed by atoms with van der Waals surface area (Å²) in [4.78, 5) is 26.7. The Bertz CT molecular complexity index is 1100. The molecule has 1 aromatic carbocycles. The van der Waals surface area contributed by atoms with Crippen molar-refractivity contribution in [3.05, 3.63) is 59.4 Å². The number of rotatable bonds is 4. The van der Waals surface area contributed by atoms with E-state index >= 15 is 0 Å². The van der Waals surface area contributed by atoms with Crippen LogP contribution in [0.4, 0.5) is 0 Å². The standard InChI is InChI=1S/C23H27N5O2/c1-15-6-7-19(16(2)13-15)28-21(14-18(25-28)20-5-4-10-26(20)3)23(30)27-11-8-17(9-12-27)22(24)29/h4-7,10,13-14,17H,8-9,11-12H2,1-3H3,(H2,24,29). The van der Waals surface area contributed by atoms with E-state index in [-0.39, 0.29) is 17.7 Å². The molecule has 3 heterocycles. The van der Waals surface area contributed by atoms with Crippen molar-refractivity contribution in [3.63, 3.8) is 0 Å². The molecule has 0 saturated carbocycles. The maximum Gasteiger partial charge on any atom is 0.272 e. The molecule has 1 saturated heterocycles. The summed E-state index contributed by atoms with van der Waals surface area (Å²) in [5, 5.41) is 4.81. The molecular weight excluding hydrogens is 378 g/mol. The van der Waals surface area contributed by atoms with Gasteiger partial charge in [-0.05, 0) is 56.5 Å². The van der Waals surface area contributed by atoms with Crippen LogP contribution in [0.3, 0.4) is 0 Å². The van der Waals surface area contributed by atoms with Crippen LogP contribution in [0.2, 0.25) is 0 Å². The molecule has 1 fully saturated rings. The molecule has 156 valence electrons. The molecule has 1 aliphatic rings. The van der Waals surface area contributed by atoms with Gasteiger partial charge in [0.25, 0.3) is 5.91 Å². The second-order valence-corrected chi connectivity index (χ2v) is 8.09. The molecule has 1 aliphatic heterocycles. The van der Waals surface area contributed by atoms with Crippen LogP contribution in [0, 0.1) is 19.8 Å². The van der Waals surface area contributed by atoms with E-state index in [0.29, 0.717) is 31.6 Å². The molecule has 0 radical (unpaired) electrons. The maximum absolute atomic E-state index is 13.5. The third-order valence-corrected chi connectivity index (χ3v) is 5.90. The number of nitrogens with zero attached hydrogens (tertiary/aromatic N) is 4. The van der Waals surface area contributed by atoms with Crippen molar-refractivity contribution in [2.24, 2.45) is 18.7 Å². The Hall–Kier alpha value is -3.35. The highest BCUT2D eigenvalue weighted by molar-refractivity contribution is 5.94. The Kier molecular flexibility index (Phi) is 5.20. The third-order valence-electron chi connectivity index (χ3n) is 5.90. The Morgan fingerprint density at radius 3 is 2.43 bits per heavy atom. The van der Waals surface area contributed by atoms with E-state index < -0.39 is 0 Å². The van der Waals surface area contributed by atoms with Crippen molar-refractivity contribution in [1.82, 2.24) is 19.2 Å². The van der Waals surface area contributed by atoms with Crippen LogP contribution in [0.25, 0.3) is 17.1 Å². The van der Waals surface area contributed by atoms with Crippen LogP contribution in [-0.4, -0.2) is 44.2 Å². The van der Waals surface area contributed by atoms with E-state index in [1.807, 2.05) is 62.0 Å². The summed E-state index contributed by atoms with van der Waals surface area (Å²) in [5.74, 6) is -0.517. The van der Waals surface area contributed by atoms with Crippen molar-refractivity contribution < 1.29 is 9.59 Å². The number of aromatic nitrogens is 3. The lowest BCUT2D eigenvalue weighted by atomic mass is 9.96.